The molecule has 0 bridgehead atoms. The smallest absolute Gasteiger partial charge is 0.141 e. The number of allylic oxidation sites excluding steroid dienone is 1. The molecule has 4 nitrogen and oxygen atoms in total. The lowest BCUT2D eigenvalue weighted by Gasteiger charge is -2.32. The van der Waals surface area contributed by atoms with Crippen LogP contribution in [0.4, 0.5) is 0 Å². The Balaban J connectivity index is 0.00000288. The van der Waals surface area contributed by atoms with E-state index in [-0.39, 0.29) is 12.4 Å². The molecule has 0 atom stereocenters. The normalized spacial score (nSPS) is 15.8. The van der Waals surface area contributed by atoms with Gasteiger partial charge in [0.1, 0.15) is 12.4 Å². The fourth-order valence-electron chi connectivity index (χ4n) is 2.60. The van der Waals surface area contributed by atoms with Crippen molar-refractivity contribution >= 4 is 24.0 Å². The van der Waals surface area contributed by atoms with Crippen LogP contribution in [-0.4, -0.2) is 69.4 Å². The quantitative estimate of drug-likeness (QED) is 0.489. The third-order valence-electron chi connectivity index (χ3n) is 4.03. The lowest BCUT2D eigenvalue weighted by atomic mass is 10.1. The van der Waals surface area contributed by atoms with Crippen molar-refractivity contribution in [1.82, 2.24) is 9.80 Å². The Morgan fingerprint density at radius 1 is 1.17 bits per heavy atom. The predicted octanol–water partition coefficient (Wildman–Crippen LogP) is 3.13. The predicted molar refractivity (Wildman–Crippen MR) is 103 cm³/mol. The summed E-state index contributed by atoms with van der Waals surface area (Å²) in [6, 6.07) is 5.79. The first-order valence-electron chi connectivity index (χ1n) is 8.20. The average molecular weight is 375 g/mol. The van der Waals surface area contributed by atoms with E-state index in [1.165, 1.54) is 0 Å². The number of rotatable bonds is 9. The Bertz CT molecular complexity index is 492. The van der Waals surface area contributed by atoms with Crippen LogP contribution in [-0.2, 0) is 11.2 Å². The van der Waals surface area contributed by atoms with E-state index >= 15 is 0 Å². The lowest BCUT2D eigenvalue weighted by Crippen LogP contribution is -2.45. The summed E-state index contributed by atoms with van der Waals surface area (Å²) in [5, 5.41) is 0.641. The van der Waals surface area contributed by atoms with Crippen LogP contribution >= 0.6 is 24.0 Å². The van der Waals surface area contributed by atoms with Gasteiger partial charge in [-0.3, -0.25) is 4.90 Å². The molecule has 1 aromatic carbocycles. The second kappa shape index (κ2) is 11.7. The molecule has 6 heteroatoms. The number of piperazine rings is 1. The van der Waals surface area contributed by atoms with Crippen molar-refractivity contribution in [2.75, 3.05) is 59.6 Å². The molecule has 0 radical (unpaired) electrons. The van der Waals surface area contributed by atoms with Gasteiger partial charge in [0, 0.05) is 32.7 Å². The summed E-state index contributed by atoms with van der Waals surface area (Å²) < 4.78 is 11.5. The van der Waals surface area contributed by atoms with E-state index in [0.29, 0.717) is 18.2 Å². The van der Waals surface area contributed by atoms with E-state index in [0.717, 1.165) is 57.1 Å². The zero-order chi connectivity index (χ0) is 16.5. The van der Waals surface area contributed by atoms with Gasteiger partial charge in [-0.1, -0.05) is 29.8 Å². The van der Waals surface area contributed by atoms with E-state index in [4.69, 9.17) is 21.1 Å². The molecular weight excluding hydrogens is 347 g/mol. The van der Waals surface area contributed by atoms with Crippen molar-refractivity contribution in [2.45, 2.75) is 6.42 Å². The minimum Gasteiger partial charge on any atom is -0.489 e. The molecule has 1 heterocycles. The summed E-state index contributed by atoms with van der Waals surface area (Å²) in [6.07, 6.45) is 2.60. The summed E-state index contributed by atoms with van der Waals surface area (Å²) in [7, 11) is 2.17. The van der Waals surface area contributed by atoms with Gasteiger partial charge in [-0.05, 0) is 25.1 Å². The summed E-state index contributed by atoms with van der Waals surface area (Å²) >= 11 is 6.21. The molecule has 0 aromatic heterocycles. The molecular formula is C18H28Cl2N2O2. The molecule has 24 heavy (non-hydrogen) atoms. The highest BCUT2D eigenvalue weighted by molar-refractivity contribution is 6.32. The van der Waals surface area contributed by atoms with Gasteiger partial charge in [-0.15, -0.1) is 19.0 Å². The molecule has 136 valence electrons. The third-order valence-corrected chi connectivity index (χ3v) is 4.33. The Morgan fingerprint density at radius 3 is 2.62 bits per heavy atom. The maximum absolute atomic E-state index is 6.21. The molecule has 0 spiro atoms. The molecule has 0 saturated carbocycles. The summed E-state index contributed by atoms with van der Waals surface area (Å²) in [4.78, 5) is 4.80. The number of nitrogens with zero attached hydrogens (tertiary/aromatic N) is 2. The van der Waals surface area contributed by atoms with Crippen LogP contribution in [0.2, 0.25) is 5.02 Å². The fourth-order valence-corrected chi connectivity index (χ4v) is 2.85. The lowest BCUT2D eigenvalue weighted by molar-refractivity contribution is 0.0657. The van der Waals surface area contributed by atoms with Gasteiger partial charge >= 0.3 is 0 Å². The zero-order valence-electron chi connectivity index (χ0n) is 14.4. The number of ether oxygens (including phenoxy) is 2. The number of halogens is 2. The second-order valence-corrected chi connectivity index (χ2v) is 6.23. The molecule has 1 aromatic rings. The van der Waals surface area contributed by atoms with Gasteiger partial charge in [0.05, 0.1) is 18.2 Å². The van der Waals surface area contributed by atoms with Crippen molar-refractivity contribution in [3.63, 3.8) is 0 Å². The van der Waals surface area contributed by atoms with Gasteiger partial charge in [0.15, 0.2) is 0 Å². The highest BCUT2D eigenvalue weighted by Gasteiger charge is 2.13. The van der Waals surface area contributed by atoms with E-state index in [9.17, 15) is 0 Å². The van der Waals surface area contributed by atoms with Crippen molar-refractivity contribution in [3.8, 4) is 5.75 Å². The van der Waals surface area contributed by atoms with Crippen LogP contribution in [0.25, 0.3) is 0 Å². The highest BCUT2D eigenvalue weighted by atomic mass is 35.5. The summed E-state index contributed by atoms with van der Waals surface area (Å²) in [5.41, 5.74) is 1.06. The molecule has 1 saturated heterocycles. The molecule has 1 aliphatic rings. The number of benzene rings is 1. The Morgan fingerprint density at radius 2 is 1.92 bits per heavy atom. The van der Waals surface area contributed by atoms with Gasteiger partial charge in [-0.25, -0.2) is 0 Å². The SMILES string of the molecule is C=CCc1cccc(Cl)c1OCCOCCN1CCN(C)CC1.Cl. The van der Waals surface area contributed by atoms with Crippen LogP contribution in [0.15, 0.2) is 30.9 Å². The fraction of sp³-hybridized carbons (Fsp3) is 0.556. The molecule has 1 fully saturated rings. The first-order valence-corrected chi connectivity index (χ1v) is 8.58. The third kappa shape index (κ3) is 6.99. The van der Waals surface area contributed by atoms with Crippen LogP contribution in [0.3, 0.4) is 0 Å². The molecule has 0 aliphatic carbocycles. The molecule has 0 unspecified atom stereocenters. The Kier molecular flexibility index (Phi) is 10.4. The summed E-state index contributed by atoms with van der Waals surface area (Å²) in [6.45, 7) is 11.1. The standard InChI is InChI=1S/C18H27ClN2O2.ClH/c1-3-5-16-6-4-7-17(19)18(16)23-15-14-22-13-12-21-10-8-20(2)9-11-21;/h3-4,6-7H,1,5,8-15H2,2H3;1H. The van der Waals surface area contributed by atoms with Crippen molar-refractivity contribution in [1.29, 1.82) is 0 Å². The molecule has 0 amide bonds. The Hall–Kier alpha value is -0.780. The number of likely N-dealkylation sites (N-methyl/N-ethyl adjacent to an activating group) is 1. The van der Waals surface area contributed by atoms with Gasteiger partial charge in [0.25, 0.3) is 0 Å². The maximum atomic E-state index is 6.21. The first-order chi connectivity index (χ1) is 11.2. The molecule has 1 aliphatic heterocycles. The molecule has 0 N–H and O–H groups in total. The minimum atomic E-state index is 0. The topological polar surface area (TPSA) is 24.9 Å². The van der Waals surface area contributed by atoms with Crippen molar-refractivity contribution in [3.05, 3.63) is 41.4 Å². The van der Waals surface area contributed by atoms with Gasteiger partial charge in [0.2, 0.25) is 0 Å². The minimum absolute atomic E-state index is 0. The van der Waals surface area contributed by atoms with E-state index in [2.05, 4.69) is 23.4 Å². The first kappa shape index (κ1) is 21.3. The largest absolute Gasteiger partial charge is 0.489 e. The maximum Gasteiger partial charge on any atom is 0.141 e. The zero-order valence-corrected chi connectivity index (χ0v) is 16.0. The van der Waals surface area contributed by atoms with E-state index in [1.54, 1.807) is 0 Å². The van der Waals surface area contributed by atoms with E-state index < -0.39 is 0 Å². The highest BCUT2D eigenvalue weighted by Crippen LogP contribution is 2.29. The number of para-hydroxylation sites is 1. The average Bonchev–Trinajstić information content (AvgIpc) is 2.55. The van der Waals surface area contributed by atoms with Crippen molar-refractivity contribution in [2.24, 2.45) is 0 Å². The summed E-state index contributed by atoms with van der Waals surface area (Å²) in [5.74, 6) is 0.747. The Labute approximate surface area is 156 Å². The van der Waals surface area contributed by atoms with Crippen LogP contribution in [0.5, 0.6) is 5.75 Å². The molecule has 2 rings (SSSR count). The number of hydrogen-bond donors (Lipinski definition) is 0. The van der Waals surface area contributed by atoms with Crippen LogP contribution < -0.4 is 4.74 Å². The second-order valence-electron chi connectivity index (χ2n) is 5.83. The van der Waals surface area contributed by atoms with Gasteiger partial charge in [-0.2, -0.15) is 0 Å². The number of hydrogen-bond acceptors (Lipinski definition) is 4. The van der Waals surface area contributed by atoms with Crippen LogP contribution in [0.1, 0.15) is 5.56 Å². The van der Waals surface area contributed by atoms with Crippen molar-refractivity contribution < 1.29 is 9.47 Å². The van der Waals surface area contributed by atoms with Gasteiger partial charge < -0.3 is 14.4 Å². The monoisotopic (exact) mass is 374 g/mol. The van der Waals surface area contributed by atoms with Crippen LogP contribution in [0, 0.1) is 0 Å². The van der Waals surface area contributed by atoms with E-state index in [1.807, 2.05) is 24.3 Å².